The van der Waals surface area contributed by atoms with Crippen molar-refractivity contribution >= 4 is 0 Å². The first-order valence-electron chi connectivity index (χ1n) is 7.84. The molecule has 2 aliphatic rings. The molecule has 1 aromatic carbocycles. The summed E-state index contributed by atoms with van der Waals surface area (Å²) in [6.07, 6.45) is 4.06. The van der Waals surface area contributed by atoms with Crippen LogP contribution >= 0.6 is 0 Å². The Morgan fingerprint density at radius 2 is 2.00 bits per heavy atom. The van der Waals surface area contributed by atoms with Crippen LogP contribution in [0.5, 0.6) is 0 Å². The van der Waals surface area contributed by atoms with Crippen LogP contribution in [0.25, 0.3) is 0 Å². The Bertz CT molecular complexity index is 403. The number of nitrogens with zero attached hydrogens (tertiary/aromatic N) is 2. The molecule has 0 radical (unpaired) electrons. The van der Waals surface area contributed by atoms with Crippen molar-refractivity contribution in [2.75, 3.05) is 19.6 Å². The number of piperazine rings is 1. The third-order valence-corrected chi connectivity index (χ3v) is 5.09. The minimum Gasteiger partial charge on any atom is -0.298 e. The van der Waals surface area contributed by atoms with Crippen LogP contribution in [0.2, 0.25) is 0 Å². The molecule has 3 atom stereocenters. The molecule has 0 spiro atoms. The van der Waals surface area contributed by atoms with E-state index in [-0.39, 0.29) is 0 Å². The maximum Gasteiger partial charge on any atom is 0.0324 e. The molecule has 2 saturated heterocycles. The Hall–Kier alpha value is -0.860. The first kappa shape index (κ1) is 13.1. The third-order valence-electron chi connectivity index (χ3n) is 5.09. The van der Waals surface area contributed by atoms with Crippen LogP contribution in [0.1, 0.15) is 44.7 Å². The molecule has 0 amide bonds. The predicted octanol–water partition coefficient (Wildman–Crippen LogP) is 3.31. The predicted molar refractivity (Wildman–Crippen MR) is 80.2 cm³/mol. The zero-order chi connectivity index (χ0) is 13.2. The van der Waals surface area contributed by atoms with Gasteiger partial charge in [-0.25, -0.2) is 0 Å². The maximum absolute atomic E-state index is 2.75. The van der Waals surface area contributed by atoms with Gasteiger partial charge in [-0.2, -0.15) is 0 Å². The van der Waals surface area contributed by atoms with Gasteiger partial charge >= 0.3 is 0 Å². The van der Waals surface area contributed by atoms with Gasteiger partial charge in [-0.3, -0.25) is 9.80 Å². The lowest BCUT2D eigenvalue weighted by Crippen LogP contribution is -2.56. The number of rotatable bonds is 3. The standard InChI is InChI=1S/C17H26N2/c1-3-16-12-18-11-7-10-17(18)13-19(16)14(2)15-8-5-4-6-9-15/h4-6,8-9,14,16-17H,3,7,10-13H2,1-2H3. The lowest BCUT2D eigenvalue weighted by atomic mass is 9.99. The molecule has 2 heteroatoms. The van der Waals surface area contributed by atoms with E-state index in [2.05, 4.69) is 54.0 Å². The number of benzene rings is 1. The largest absolute Gasteiger partial charge is 0.298 e. The van der Waals surface area contributed by atoms with Gasteiger partial charge in [-0.05, 0) is 38.3 Å². The highest BCUT2D eigenvalue weighted by Crippen LogP contribution is 2.32. The Labute approximate surface area is 117 Å². The number of hydrogen-bond acceptors (Lipinski definition) is 2. The van der Waals surface area contributed by atoms with Gasteiger partial charge in [0.1, 0.15) is 0 Å². The zero-order valence-corrected chi connectivity index (χ0v) is 12.3. The van der Waals surface area contributed by atoms with Crippen LogP contribution in [0.3, 0.4) is 0 Å². The van der Waals surface area contributed by atoms with Gasteiger partial charge in [0.15, 0.2) is 0 Å². The molecule has 3 rings (SSSR count). The first-order chi connectivity index (χ1) is 9.29. The monoisotopic (exact) mass is 258 g/mol. The highest BCUT2D eigenvalue weighted by molar-refractivity contribution is 5.19. The van der Waals surface area contributed by atoms with E-state index in [1.807, 2.05) is 0 Å². The Balaban J connectivity index is 1.78. The molecule has 19 heavy (non-hydrogen) atoms. The molecule has 0 aromatic heterocycles. The summed E-state index contributed by atoms with van der Waals surface area (Å²) < 4.78 is 0. The van der Waals surface area contributed by atoms with E-state index >= 15 is 0 Å². The zero-order valence-electron chi connectivity index (χ0n) is 12.3. The summed E-state index contributed by atoms with van der Waals surface area (Å²) in [5.74, 6) is 0. The van der Waals surface area contributed by atoms with E-state index in [0.717, 1.165) is 12.1 Å². The normalized spacial score (nSPS) is 30.2. The Morgan fingerprint density at radius 3 is 2.74 bits per heavy atom. The van der Waals surface area contributed by atoms with Crippen molar-refractivity contribution in [3.05, 3.63) is 35.9 Å². The molecule has 2 fully saturated rings. The van der Waals surface area contributed by atoms with Crippen LogP contribution in [-0.4, -0.2) is 41.5 Å². The van der Waals surface area contributed by atoms with Gasteiger partial charge in [-0.1, -0.05) is 37.3 Å². The van der Waals surface area contributed by atoms with E-state index < -0.39 is 0 Å². The van der Waals surface area contributed by atoms with Gasteiger partial charge in [0.25, 0.3) is 0 Å². The van der Waals surface area contributed by atoms with Gasteiger partial charge < -0.3 is 0 Å². The Morgan fingerprint density at radius 1 is 1.21 bits per heavy atom. The van der Waals surface area contributed by atoms with Crippen molar-refractivity contribution in [1.29, 1.82) is 0 Å². The molecule has 2 heterocycles. The summed E-state index contributed by atoms with van der Waals surface area (Å²) in [6.45, 7) is 8.58. The van der Waals surface area contributed by atoms with Gasteiger partial charge in [0.2, 0.25) is 0 Å². The van der Waals surface area contributed by atoms with E-state index in [1.54, 1.807) is 0 Å². The molecule has 2 nitrogen and oxygen atoms in total. The molecular formula is C17H26N2. The van der Waals surface area contributed by atoms with Gasteiger partial charge in [0.05, 0.1) is 0 Å². The summed E-state index contributed by atoms with van der Waals surface area (Å²) in [7, 11) is 0. The molecule has 0 N–H and O–H groups in total. The molecule has 1 aromatic rings. The second-order valence-corrected chi connectivity index (χ2v) is 6.14. The average Bonchev–Trinajstić information content (AvgIpc) is 2.93. The van der Waals surface area contributed by atoms with Crippen molar-refractivity contribution in [1.82, 2.24) is 9.80 Å². The fourth-order valence-corrected chi connectivity index (χ4v) is 3.87. The fourth-order valence-electron chi connectivity index (χ4n) is 3.87. The second kappa shape index (κ2) is 5.64. The number of hydrogen-bond donors (Lipinski definition) is 0. The average molecular weight is 258 g/mol. The van der Waals surface area contributed by atoms with Crippen LogP contribution < -0.4 is 0 Å². The van der Waals surface area contributed by atoms with Crippen molar-refractivity contribution in [2.45, 2.75) is 51.2 Å². The smallest absolute Gasteiger partial charge is 0.0324 e. The molecule has 104 valence electrons. The summed E-state index contributed by atoms with van der Waals surface area (Å²) in [5.41, 5.74) is 1.47. The van der Waals surface area contributed by atoms with Gasteiger partial charge in [0, 0.05) is 31.2 Å². The van der Waals surface area contributed by atoms with E-state index in [1.165, 1.54) is 44.5 Å². The fraction of sp³-hybridized carbons (Fsp3) is 0.647. The molecule has 2 aliphatic heterocycles. The molecule has 0 bridgehead atoms. The maximum atomic E-state index is 2.75. The van der Waals surface area contributed by atoms with E-state index in [4.69, 9.17) is 0 Å². The van der Waals surface area contributed by atoms with Crippen LogP contribution in [0.4, 0.5) is 0 Å². The van der Waals surface area contributed by atoms with Crippen molar-refractivity contribution in [3.8, 4) is 0 Å². The van der Waals surface area contributed by atoms with Crippen LogP contribution in [0, 0.1) is 0 Å². The topological polar surface area (TPSA) is 6.48 Å². The molecule has 0 aliphatic carbocycles. The van der Waals surface area contributed by atoms with Crippen LogP contribution in [0.15, 0.2) is 30.3 Å². The highest BCUT2D eigenvalue weighted by Gasteiger charge is 2.37. The Kier molecular flexibility index (Phi) is 3.90. The second-order valence-electron chi connectivity index (χ2n) is 6.14. The van der Waals surface area contributed by atoms with Crippen LogP contribution in [-0.2, 0) is 0 Å². The molecule has 0 saturated carbocycles. The van der Waals surface area contributed by atoms with E-state index in [0.29, 0.717) is 6.04 Å². The molecular weight excluding hydrogens is 232 g/mol. The van der Waals surface area contributed by atoms with Crippen molar-refractivity contribution in [2.24, 2.45) is 0 Å². The summed E-state index contributed by atoms with van der Waals surface area (Å²) in [6, 6.07) is 13.1. The van der Waals surface area contributed by atoms with E-state index in [9.17, 15) is 0 Å². The third kappa shape index (κ3) is 2.56. The number of fused-ring (bicyclic) bond motifs is 1. The highest BCUT2D eigenvalue weighted by atomic mass is 15.3. The first-order valence-corrected chi connectivity index (χ1v) is 7.84. The summed E-state index contributed by atoms with van der Waals surface area (Å²) in [4.78, 5) is 5.48. The summed E-state index contributed by atoms with van der Waals surface area (Å²) >= 11 is 0. The SMILES string of the molecule is CCC1CN2CCCC2CN1C(C)c1ccccc1. The minimum atomic E-state index is 0.550. The lowest BCUT2D eigenvalue weighted by Gasteiger charge is -2.46. The quantitative estimate of drug-likeness (QED) is 0.821. The van der Waals surface area contributed by atoms with Gasteiger partial charge in [-0.15, -0.1) is 0 Å². The van der Waals surface area contributed by atoms with Crippen molar-refractivity contribution in [3.63, 3.8) is 0 Å². The van der Waals surface area contributed by atoms with Crippen molar-refractivity contribution < 1.29 is 0 Å². The summed E-state index contributed by atoms with van der Waals surface area (Å²) in [5, 5.41) is 0. The minimum absolute atomic E-state index is 0.550. The molecule has 3 unspecified atom stereocenters. The lowest BCUT2D eigenvalue weighted by molar-refractivity contribution is 0.0227.